The molecule has 1 aromatic heterocycles. The maximum absolute atomic E-state index is 12.8. The summed E-state index contributed by atoms with van der Waals surface area (Å²) in [7, 11) is 0. The summed E-state index contributed by atoms with van der Waals surface area (Å²) in [5, 5.41) is 4.18. The van der Waals surface area contributed by atoms with Crippen LogP contribution in [0.4, 0.5) is 9.93 Å². The van der Waals surface area contributed by atoms with Crippen LogP contribution < -0.4 is 10.2 Å². The van der Waals surface area contributed by atoms with Gasteiger partial charge >= 0.3 is 6.09 Å². The van der Waals surface area contributed by atoms with Crippen LogP contribution in [0.25, 0.3) is 10.2 Å². The maximum Gasteiger partial charge on any atom is 0.409 e. The van der Waals surface area contributed by atoms with Crippen LogP contribution >= 0.6 is 11.3 Å². The Kier molecular flexibility index (Phi) is 6.41. The normalized spacial score (nSPS) is 18.6. The molecular formula is C22H30N4O3S. The van der Waals surface area contributed by atoms with Crippen molar-refractivity contribution in [2.24, 2.45) is 5.92 Å². The number of nitrogens with zero attached hydrogens (tertiary/aromatic N) is 3. The number of anilines is 1. The SMILES string of the molecule is CCOC(=O)N1CCC(NC(=O)c2ccc3nc(N4CCC(C)CC4)sc3c2)CC1. The van der Waals surface area contributed by atoms with Gasteiger partial charge in [-0.1, -0.05) is 18.3 Å². The number of carbonyl (C=O) groups is 2. The molecule has 162 valence electrons. The quantitative estimate of drug-likeness (QED) is 0.797. The van der Waals surface area contributed by atoms with E-state index in [0.29, 0.717) is 25.3 Å². The summed E-state index contributed by atoms with van der Waals surface area (Å²) in [5.41, 5.74) is 1.62. The average Bonchev–Trinajstić information content (AvgIpc) is 3.18. The number of ether oxygens (including phenoxy) is 1. The number of aromatic nitrogens is 1. The molecule has 2 aromatic rings. The predicted molar refractivity (Wildman–Crippen MR) is 119 cm³/mol. The molecule has 2 aliphatic rings. The Hall–Kier alpha value is -2.35. The third kappa shape index (κ3) is 4.69. The Labute approximate surface area is 181 Å². The summed E-state index contributed by atoms with van der Waals surface area (Å²) in [6.45, 7) is 7.82. The van der Waals surface area contributed by atoms with E-state index < -0.39 is 0 Å². The molecule has 0 unspecified atom stereocenters. The molecule has 0 atom stereocenters. The Morgan fingerprint density at radius 3 is 2.60 bits per heavy atom. The Balaban J connectivity index is 1.36. The molecule has 0 spiro atoms. The third-order valence-corrected chi connectivity index (χ3v) is 7.13. The van der Waals surface area contributed by atoms with Gasteiger partial charge in [-0.05, 0) is 56.7 Å². The van der Waals surface area contributed by atoms with Crippen molar-refractivity contribution in [3.8, 4) is 0 Å². The van der Waals surface area contributed by atoms with E-state index in [-0.39, 0.29) is 18.0 Å². The molecule has 1 aromatic carbocycles. The van der Waals surface area contributed by atoms with E-state index in [0.717, 1.165) is 47.2 Å². The van der Waals surface area contributed by atoms with Crippen molar-refractivity contribution >= 4 is 38.7 Å². The standard InChI is InChI=1S/C22H30N4O3S/c1-3-29-22(28)26-12-8-17(9-13-26)23-20(27)16-4-5-18-19(14-16)30-21(24-18)25-10-6-15(2)7-11-25/h4-5,14-15,17H,3,6-13H2,1-2H3,(H,23,27). The first-order chi connectivity index (χ1) is 14.5. The van der Waals surface area contributed by atoms with E-state index in [1.807, 2.05) is 18.2 Å². The van der Waals surface area contributed by atoms with Crippen LogP contribution in [-0.2, 0) is 4.74 Å². The number of rotatable bonds is 4. The van der Waals surface area contributed by atoms with E-state index in [1.165, 1.54) is 12.8 Å². The molecule has 2 aliphatic heterocycles. The molecule has 1 N–H and O–H groups in total. The highest BCUT2D eigenvalue weighted by Gasteiger charge is 2.25. The van der Waals surface area contributed by atoms with Crippen LogP contribution in [0.5, 0.6) is 0 Å². The molecule has 7 nitrogen and oxygen atoms in total. The zero-order chi connectivity index (χ0) is 21.1. The summed E-state index contributed by atoms with van der Waals surface area (Å²) in [6, 6.07) is 5.82. The first kappa shape index (κ1) is 20.9. The third-order valence-electron chi connectivity index (χ3n) is 6.05. The van der Waals surface area contributed by atoms with Crippen molar-refractivity contribution in [2.75, 3.05) is 37.7 Å². The van der Waals surface area contributed by atoms with E-state index >= 15 is 0 Å². The molecule has 3 heterocycles. The fraction of sp³-hybridized carbons (Fsp3) is 0.591. The predicted octanol–water partition coefficient (Wildman–Crippen LogP) is 3.88. The molecule has 4 rings (SSSR count). The molecule has 30 heavy (non-hydrogen) atoms. The second-order valence-corrected chi connectivity index (χ2v) is 9.29. The number of piperidine rings is 2. The Morgan fingerprint density at radius 2 is 1.90 bits per heavy atom. The lowest BCUT2D eigenvalue weighted by Gasteiger charge is -2.31. The summed E-state index contributed by atoms with van der Waals surface area (Å²) in [6.07, 6.45) is 3.63. The van der Waals surface area contributed by atoms with Crippen molar-refractivity contribution < 1.29 is 14.3 Å². The molecule has 2 fully saturated rings. The van der Waals surface area contributed by atoms with Gasteiger partial charge in [-0.15, -0.1) is 0 Å². The van der Waals surface area contributed by atoms with Crippen molar-refractivity contribution in [1.29, 1.82) is 0 Å². The van der Waals surface area contributed by atoms with Gasteiger partial charge in [0.15, 0.2) is 5.13 Å². The van der Waals surface area contributed by atoms with Crippen LogP contribution in [0.15, 0.2) is 18.2 Å². The van der Waals surface area contributed by atoms with Crippen LogP contribution in [-0.4, -0.2) is 60.7 Å². The van der Waals surface area contributed by atoms with Gasteiger partial charge in [0, 0.05) is 37.8 Å². The lowest BCUT2D eigenvalue weighted by Crippen LogP contribution is -2.46. The summed E-state index contributed by atoms with van der Waals surface area (Å²) in [4.78, 5) is 33.4. The number of hydrogen-bond donors (Lipinski definition) is 1. The lowest BCUT2D eigenvalue weighted by atomic mass is 10.00. The first-order valence-corrected chi connectivity index (χ1v) is 11.7. The number of carbonyl (C=O) groups excluding carboxylic acids is 2. The molecule has 0 radical (unpaired) electrons. The lowest BCUT2D eigenvalue weighted by molar-refractivity contribution is 0.0860. The molecule has 0 saturated carbocycles. The molecular weight excluding hydrogens is 400 g/mol. The first-order valence-electron chi connectivity index (χ1n) is 10.9. The number of nitrogens with one attached hydrogen (secondary N) is 1. The summed E-state index contributed by atoms with van der Waals surface area (Å²) >= 11 is 1.67. The van der Waals surface area contributed by atoms with Gasteiger partial charge in [0.05, 0.1) is 16.8 Å². The van der Waals surface area contributed by atoms with Crippen LogP contribution in [0, 0.1) is 5.92 Å². The van der Waals surface area contributed by atoms with Crippen LogP contribution in [0.1, 0.15) is 49.9 Å². The van der Waals surface area contributed by atoms with Gasteiger partial charge in [-0.25, -0.2) is 9.78 Å². The number of likely N-dealkylation sites (tertiary alicyclic amines) is 1. The minimum Gasteiger partial charge on any atom is -0.450 e. The monoisotopic (exact) mass is 430 g/mol. The van der Waals surface area contributed by atoms with Crippen molar-refractivity contribution in [3.05, 3.63) is 23.8 Å². The Morgan fingerprint density at radius 1 is 1.17 bits per heavy atom. The van der Waals surface area contributed by atoms with Crippen molar-refractivity contribution in [2.45, 2.75) is 45.6 Å². The second kappa shape index (κ2) is 9.20. The molecule has 2 saturated heterocycles. The summed E-state index contributed by atoms with van der Waals surface area (Å²) < 4.78 is 6.10. The van der Waals surface area contributed by atoms with Gasteiger partial charge in [-0.2, -0.15) is 0 Å². The average molecular weight is 431 g/mol. The number of hydrogen-bond acceptors (Lipinski definition) is 6. The highest BCUT2D eigenvalue weighted by Crippen LogP contribution is 2.32. The highest BCUT2D eigenvalue weighted by molar-refractivity contribution is 7.22. The minimum atomic E-state index is -0.267. The van der Waals surface area contributed by atoms with Gasteiger partial charge in [0.1, 0.15) is 0 Å². The fourth-order valence-electron chi connectivity index (χ4n) is 4.08. The molecule has 0 aliphatic carbocycles. The summed E-state index contributed by atoms with van der Waals surface area (Å²) in [5.74, 6) is 0.725. The second-order valence-electron chi connectivity index (χ2n) is 8.28. The van der Waals surface area contributed by atoms with E-state index in [2.05, 4.69) is 17.1 Å². The smallest absolute Gasteiger partial charge is 0.409 e. The van der Waals surface area contributed by atoms with Gasteiger partial charge < -0.3 is 19.9 Å². The fourth-order valence-corrected chi connectivity index (χ4v) is 5.14. The Bertz CT molecular complexity index is 899. The van der Waals surface area contributed by atoms with E-state index in [1.54, 1.807) is 23.2 Å². The van der Waals surface area contributed by atoms with Gasteiger partial charge in [-0.3, -0.25) is 4.79 Å². The zero-order valence-corrected chi connectivity index (χ0v) is 18.5. The number of thiazole rings is 1. The van der Waals surface area contributed by atoms with Gasteiger partial charge in [0.2, 0.25) is 0 Å². The maximum atomic E-state index is 12.8. The van der Waals surface area contributed by atoms with Gasteiger partial charge in [0.25, 0.3) is 5.91 Å². The van der Waals surface area contributed by atoms with E-state index in [4.69, 9.17) is 9.72 Å². The topological polar surface area (TPSA) is 74.8 Å². The molecule has 8 heteroatoms. The number of benzene rings is 1. The van der Waals surface area contributed by atoms with E-state index in [9.17, 15) is 9.59 Å². The largest absolute Gasteiger partial charge is 0.450 e. The number of fused-ring (bicyclic) bond motifs is 1. The highest BCUT2D eigenvalue weighted by atomic mass is 32.1. The van der Waals surface area contributed by atoms with Crippen molar-refractivity contribution in [1.82, 2.24) is 15.2 Å². The van der Waals surface area contributed by atoms with Crippen molar-refractivity contribution in [3.63, 3.8) is 0 Å². The molecule has 0 bridgehead atoms. The molecule has 2 amide bonds. The number of amides is 2. The van der Waals surface area contributed by atoms with Crippen LogP contribution in [0.3, 0.4) is 0 Å². The minimum absolute atomic E-state index is 0.0618. The zero-order valence-electron chi connectivity index (χ0n) is 17.7. The van der Waals surface area contributed by atoms with Crippen LogP contribution in [0.2, 0.25) is 0 Å².